The van der Waals surface area contributed by atoms with E-state index in [0.29, 0.717) is 12.0 Å². The molecule has 2 aliphatic rings. The first-order chi connectivity index (χ1) is 10.5. The number of fused-ring (bicyclic) bond motifs is 1. The average molecular weight is 315 g/mol. The summed E-state index contributed by atoms with van der Waals surface area (Å²) in [7, 11) is -1.38. The lowest BCUT2D eigenvalue weighted by atomic mass is 10.0. The largest absolute Gasteiger partial charge is 0.371 e. The molecular formula is C19H30N2Si. The Morgan fingerprint density at radius 2 is 1.86 bits per heavy atom. The zero-order chi connectivity index (χ0) is 15.7. The van der Waals surface area contributed by atoms with Gasteiger partial charge in [0, 0.05) is 30.3 Å². The van der Waals surface area contributed by atoms with Gasteiger partial charge in [0.2, 0.25) is 0 Å². The molecule has 0 bridgehead atoms. The molecule has 1 aromatic carbocycles. The van der Waals surface area contributed by atoms with Crippen LogP contribution in [0.15, 0.2) is 30.3 Å². The first-order valence-corrected chi connectivity index (χ1v) is 12.0. The van der Waals surface area contributed by atoms with Crippen LogP contribution in [0.4, 0.5) is 0 Å². The molecule has 1 atom stereocenters. The minimum atomic E-state index is -1.38. The van der Waals surface area contributed by atoms with Crippen LogP contribution in [-0.4, -0.2) is 32.3 Å². The molecule has 120 valence electrons. The molecule has 0 radical (unpaired) electrons. The van der Waals surface area contributed by atoms with Crippen molar-refractivity contribution in [3.8, 4) is 0 Å². The molecule has 1 saturated heterocycles. The van der Waals surface area contributed by atoms with Crippen molar-refractivity contribution in [3.05, 3.63) is 41.5 Å². The molecule has 1 fully saturated rings. The number of nitrogens with one attached hydrogen (secondary N) is 1. The lowest BCUT2D eigenvalue weighted by Crippen LogP contribution is -2.48. The van der Waals surface area contributed by atoms with E-state index in [2.05, 4.69) is 67.2 Å². The van der Waals surface area contributed by atoms with Gasteiger partial charge in [0.1, 0.15) is 8.24 Å². The summed E-state index contributed by atoms with van der Waals surface area (Å²) < 4.78 is 0. The minimum absolute atomic E-state index is 0.584. The Morgan fingerprint density at radius 3 is 2.55 bits per heavy atom. The molecule has 2 nitrogen and oxygen atoms in total. The Morgan fingerprint density at radius 1 is 1.18 bits per heavy atom. The van der Waals surface area contributed by atoms with E-state index in [1.54, 1.807) is 5.56 Å². The molecule has 3 rings (SSSR count). The van der Waals surface area contributed by atoms with E-state index in [0.717, 1.165) is 0 Å². The highest BCUT2D eigenvalue weighted by molar-refractivity contribution is 6.75. The molecule has 0 amide bonds. The number of hydrogen-bond acceptors (Lipinski definition) is 2. The van der Waals surface area contributed by atoms with Gasteiger partial charge in [0.05, 0.1) is 0 Å². The third-order valence-corrected chi connectivity index (χ3v) is 7.67. The van der Waals surface area contributed by atoms with E-state index in [1.165, 1.54) is 43.2 Å². The van der Waals surface area contributed by atoms with Crippen molar-refractivity contribution < 1.29 is 0 Å². The first-order valence-electron chi connectivity index (χ1n) is 8.80. The number of nitrogens with zero attached hydrogens (tertiary/aromatic N) is 1. The minimum Gasteiger partial charge on any atom is -0.371 e. The Labute approximate surface area is 136 Å². The summed E-state index contributed by atoms with van der Waals surface area (Å²) in [5, 5.41) is 0. The molecular weight excluding hydrogens is 284 g/mol. The van der Waals surface area contributed by atoms with Crippen LogP contribution in [0.1, 0.15) is 43.7 Å². The molecule has 1 aliphatic heterocycles. The van der Waals surface area contributed by atoms with Crippen LogP contribution in [0.25, 0.3) is 5.70 Å². The molecule has 1 heterocycles. The molecule has 1 aromatic rings. The predicted molar refractivity (Wildman–Crippen MR) is 98.5 cm³/mol. The van der Waals surface area contributed by atoms with Gasteiger partial charge in [-0.15, -0.1) is 0 Å². The number of hydrogen-bond donors (Lipinski definition) is 1. The highest BCUT2D eigenvalue weighted by Gasteiger charge is 2.32. The van der Waals surface area contributed by atoms with Gasteiger partial charge in [0.15, 0.2) is 0 Å². The quantitative estimate of drug-likeness (QED) is 0.809. The summed E-state index contributed by atoms with van der Waals surface area (Å²) in [5.41, 5.74) is 4.55. The maximum Gasteiger partial charge on any atom is 0.120 e. The van der Waals surface area contributed by atoms with Crippen molar-refractivity contribution in [2.45, 2.75) is 57.8 Å². The Balaban J connectivity index is 1.85. The summed E-state index contributed by atoms with van der Waals surface area (Å²) in [5.74, 6) is 0.597. The normalized spacial score (nSPS) is 21.4. The molecule has 1 N–H and O–H groups in total. The van der Waals surface area contributed by atoms with Crippen LogP contribution < -0.4 is 4.98 Å². The SMILES string of the molecule is CC(C)N[Si](C)(C)CC1C=C(N2CCCC2)c2ccccc21. The van der Waals surface area contributed by atoms with Crippen molar-refractivity contribution in [2.24, 2.45) is 0 Å². The maximum atomic E-state index is 3.86. The fourth-order valence-corrected chi connectivity index (χ4v) is 7.33. The highest BCUT2D eigenvalue weighted by atomic mass is 28.3. The van der Waals surface area contributed by atoms with Gasteiger partial charge < -0.3 is 9.88 Å². The molecule has 3 heteroatoms. The van der Waals surface area contributed by atoms with Crippen LogP contribution in [0, 0.1) is 0 Å². The lowest BCUT2D eigenvalue weighted by Gasteiger charge is -2.29. The van der Waals surface area contributed by atoms with E-state index in [9.17, 15) is 0 Å². The van der Waals surface area contributed by atoms with Crippen molar-refractivity contribution in [1.29, 1.82) is 0 Å². The fourth-order valence-electron chi connectivity index (χ4n) is 4.22. The summed E-state index contributed by atoms with van der Waals surface area (Å²) in [6.07, 6.45) is 5.26. The Kier molecular flexibility index (Phi) is 4.46. The van der Waals surface area contributed by atoms with Crippen molar-refractivity contribution in [3.63, 3.8) is 0 Å². The molecule has 0 spiro atoms. The zero-order valence-electron chi connectivity index (χ0n) is 14.5. The average Bonchev–Trinajstić information content (AvgIpc) is 3.05. The standard InChI is InChI=1S/C19H30N2Si/c1-15(2)20-22(3,4)14-16-13-19(21-11-7-8-12-21)18-10-6-5-9-17(16)18/h5-6,9-10,13,15-16,20H,7-8,11-12,14H2,1-4H3. The van der Waals surface area contributed by atoms with Crippen LogP contribution in [0.2, 0.25) is 19.1 Å². The van der Waals surface area contributed by atoms with Gasteiger partial charge in [-0.05, 0) is 30.5 Å². The number of allylic oxidation sites excluding steroid dienone is 1. The van der Waals surface area contributed by atoms with E-state index in [1.807, 2.05) is 0 Å². The molecule has 1 aliphatic carbocycles. The predicted octanol–water partition coefficient (Wildman–Crippen LogP) is 4.42. The second-order valence-corrected chi connectivity index (χ2v) is 12.3. The summed E-state index contributed by atoms with van der Waals surface area (Å²) in [6.45, 7) is 11.9. The van der Waals surface area contributed by atoms with Crippen LogP contribution in [0.5, 0.6) is 0 Å². The third-order valence-electron chi connectivity index (χ3n) is 4.85. The number of likely N-dealkylation sites (tertiary alicyclic amines) is 1. The summed E-state index contributed by atoms with van der Waals surface area (Å²) in [4.78, 5) is 6.46. The van der Waals surface area contributed by atoms with Crippen molar-refractivity contribution >= 4 is 13.9 Å². The molecule has 22 heavy (non-hydrogen) atoms. The monoisotopic (exact) mass is 314 g/mol. The first kappa shape index (κ1) is 15.8. The van der Waals surface area contributed by atoms with Crippen LogP contribution >= 0.6 is 0 Å². The van der Waals surface area contributed by atoms with Crippen LogP contribution in [-0.2, 0) is 0 Å². The maximum absolute atomic E-state index is 3.86. The van der Waals surface area contributed by atoms with Gasteiger partial charge in [-0.2, -0.15) is 0 Å². The fraction of sp³-hybridized carbons (Fsp3) is 0.579. The summed E-state index contributed by atoms with van der Waals surface area (Å²) >= 11 is 0. The number of rotatable bonds is 5. The Hall–Kier alpha value is -1.06. The summed E-state index contributed by atoms with van der Waals surface area (Å²) in [6, 6.07) is 10.9. The lowest BCUT2D eigenvalue weighted by molar-refractivity contribution is 0.493. The van der Waals surface area contributed by atoms with Gasteiger partial charge in [-0.3, -0.25) is 0 Å². The second kappa shape index (κ2) is 6.21. The molecule has 1 unspecified atom stereocenters. The van der Waals surface area contributed by atoms with Gasteiger partial charge in [-0.25, -0.2) is 0 Å². The van der Waals surface area contributed by atoms with Gasteiger partial charge in [-0.1, -0.05) is 57.3 Å². The molecule has 0 saturated carbocycles. The molecule has 0 aromatic heterocycles. The van der Waals surface area contributed by atoms with Crippen LogP contribution in [0.3, 0.4) is 0 Å². The van der Waals surface area contributed by atoms with Crippen molar-refractivity contribution in [2.75, 3.05) is 13.1 Å². The van der Waals surface area contributed by atoms with E-state index in [-0.39, 0.29) is 0 Å². The van der Waals surface area contributed by atoms with E-state index >= 15 is 0 Å². The van der Waals surface area contributed by atoms with E-state index in [4.69, 9.17) is 0 Å². The zero-order valence-corrected chi connectivity index (χ0v) is 15.5. The number of benzene rings is 1. The van der Waals surface area contributed by atoms with Crippen molar-refractivity contribution in [1.82, 2.24) is 9.88 Å². The highest BCUT2D eigenvalue weighted by Crippen LogP contribution is 2.42. The Bertz CT molecular complexity index is 556. The third kappa shape index (κ3) is 3.30. The van der Waals surface area contributed by atoms with Gasteiger partial charge in [0.25, 0.3) is 0 Å². The topological polar surface area (TPSA) is 15.3 Å². The van der Waals surface area contributed by atoms with Gasteiger partial charge >= 0.3 is 0 Å². The smallest absolute Gasteiger partial charge is 0.120 e. The van der Waals surface area contributed by atoms with E-state index < -0.39 is 8.24 Å². The second-order valence-electron chi connectivity index (χ2n) is 7.83.